The number of carbonyl (C=O) groups is 1. The SMILES string of the molecule is NC1=C(C(=O)O)N=CC(Br)(C(F)(F)F)C1. The third-order valence-electron chi connectivity index (χ3n) is 1.82. The molecule has 0 aromatic heterocycles. The number of nitrogens with zero attached hydrogens (tertiary/aromatic N) is 1. The quantitative estimate of drug-likeness (QED) is 0.716. The number of carboxylic acid groups (broad SMARTS) is 1. The first-order chi connectivity index (χ1) is 6.67. The van der Waals surface area contributed by atoms with E-state index in [2.05, 4.69) is 20.9 Å². The van der Waals surface area contributed by atoms with E-state index in [0.717, 1.165) is 0 Å². The fourth-order valence-electron chi connectivity index (χ4n) is 1.02. The van der Waals surface area contributed by atoms with Crippen LogP contribution in [0.5, 0.6) is 0 Å². The summed E-state index contributed by atoms with van der Waals surface area (Å²) in [5.41, 5.74) is 4.26. The molecule has 1 aliphatic rings. The molecule has 1 atom stereocenters. The minimum atomic E-state index is -4.58. The zero-order valence-electron chi connectivity index (χ0n) is 7.18. The highest BCUT2D eigenvalue weighted by Crippen LogP contribution is 2.42. The molecule has 1 rings (SSSR count). The van der Waals surface area contributed by atoms with E-state index in [0.29, 0.717) is 6.21 Å². The first-order valence-corrected chi connectivity index (χ1v) is 4.49. The van der Waals surface area contributed by atoms with Crippen molar-refractivity contribution >= 4 is 28.1 Å². The van der Waals surface area contributed by atoms with Crippen molar-refractivity contribution in [3.8, 4) is 0 Å². The average molecular weight is 287 g/mol. The highest BCUT2D eigenvalue weighted by Gasteiger charge is 2.53. The molecular formula is C7H6BrF3N2O2. The molecule has 1 aliphatic heterocycles. The highest BCUT2D eigenvalue weighted by molar-refractivity contribution is 9.10. The lowest BCUT2D eigenvalue weighted by Crippen LogP contribution is -2.44. The van der Waals surface area contributed by atoms with Crippen LogP contribution in [0.15, 0.2) is 16.4 Å². The molecule has 0 aromatic carbocycles. The Bertz CT molecular complexity index is 364. The van der Waals surface area contributed by atoms with Gasteiger partial charge in [0, 0.05) is 18.3 Å². The van der Waals surface area contributed by atoms with Crippen LogP contribution in [0.1, 0.15) is 6.42 Å². The number of allylic oxidation sites excluding steroid dienone is 1. The van der Waals surface area contributed by atoms with Gasteiger partial charge in [-0.25, -0.2) is 4.79 Å². The van der Waals surface area contributed by atoms with Gasteiger partial charge in [0.05, 0.1) is 0 Å². The summed E-state index contributed by atoms with van der Waals surface area (Å²) in [6, 6.07) is 0. The summed E-state index contributed by atoms with van der Waals surface area (Å²) in [5.74, 6) is -1.44. The van der Waals surface area contributed by atoms with E-state index in [1.807, 2.05) is 0 Å². The third kappa shape index (κ3) is 2.14. The maximum atomic E-state index is 12.5. The van der Waals surface area contributed by atoms with Crippen LogP contribution >= 0.6 is 15.9 Å². The molecule has 15 heavy (non-hydrogen) atoms. The Hall–Kier alpha value is -1.05. The van der Waals surface area contributed by atoms with Crippen molar-refractivity contribution in [3.05, 3.63) is 11.4 Å². The standard InChI is InChI=1S/C7H6BrF3N2O2/c8-6(7(9,10)11)1-3(12)4(5(14)15)13-2-6/h2H,1,12H2,(H,14,15). The van der Waals surface area contributed by atoms with Crippen LogP contribution in [0.2, 0.25) is 0 Å². The van der Waals surface area contributed by atoms with Gasteiger partial charge in [-0.2, -0.15) is 13.2 Å². The van der Waals surface area contributed by atoms with Crippen molar-refractivity contribution in [2.45, 2.75) is 16.9 Å². The van der Waals surface area contributed by atoms with E-state index < -0.39 is 34.3 Å². The Morgan fingerprint density at radius 2 is 2.20 bits per heavy atom. The smallest absolute Gasteiger partial charge is 0.409 e. The predicted octanol–water partition coefficient (Wildman–Crippen LogP) is 1.41. The molecule has 0 bridgehead atoms. The van der Waals surface area contributed by atoms with Gasteiger partial charge < -0.3 is 10.8 Å². The number of hydrogen-bond acceptors (Lipinski definition) is 3. The number of alkyl halides is 4. The highest BCUT2D eigenvalue weighted by atomic mass is 79.9. The van der Waals surface area contributed by atoms with Crippen molar-refractivity contribution in [1.82, 2.24) is 0 Å². The van der Waals surface area contributed by atoms with Gasteiger partial charge in [0.2, 0.25) is 0 Å². The number of hydrogen-bond donors (Lipinski definition) is 2. The van der Waals surface area contributed by atoms with E-state index in [1.54, 1.807) is 0 Å². The molecule has 8 heteroatoms. The molecule has 0 fully saturated rings. The Kier molecular flexibility index (Phi) is 2.81. The number of carboxylic acids is 1. The lowest BCUT2D eigenvalue weighted by molar-refractivity contribution is -0.141. The fraction of sp³-hybridized carbons (Fsp3) is 0.429. The van der Waals surface area contributed by atoms with E-state index in [4.69, 9.17) is 10.8 Å². The number of nitrogens with two attached hydrogens (primary N) is 1. The van der Waals surface area contributed by atoms with Gasteiger partial charge in [0.15, 0.2) is 10.0 Å². The molecule has 0 saturated heterocycles. The lowest BCUT2D eigenvalue weighted by Gasteiger charge is -2.28. The maximum Gasteiger partial charge on any atom is 0.409 e. The monoisotopic (exact) mass is 286 g/mol. The minimum absolute atomic E-state index is 0.404. The second-order valence-electron chi connectivity index (χ2n) is 2.97. The second-order valence-corrected chi connectivity index (χ2v) is 4.39. The topological polar surface area (TPSA) is 75.7 Å². The molecule has 1 heterocycles. The summed E-state index contributed by atoms with van der Waals surface area (Å²) in [7, 11) is 0. The van der Waals surface area contributed by atoms with Crippen LogP contribution < -0.4 is 5.73 Å². The molecule has 0 aliphatic carbocycles. The van der Waals surface area contributed by atoms with Crippen LogP contribution in [0.25, 0.3) is 0 Å². The van der Waals surface area contributed by atoms with Crippen molar-refractivity contribution < 1.29 is 23.1 Å². The van der Waals surface area contributed by atoms with Gasteiger partial charge in [-0.3, -0.25) is 4.99 Å². The van der Waals surface area contributed by atoms with Gasteiger partial charge in [0.25, 0.3) is 0 Å². The van der Waals surface area contributed by atoms with Crippen LogP contribution in [-0.4, -0.2) is 27.8 Å². The van der Waals surface area contributed by atoms with Crippen molar-refractivity contribution in [3.63, 3.8) is 0 Å². The number of aliphatic imine (C=N–C) groups is 1. The molecule has 84 valence electrons. The largest absolute Gasteiger partial charge is 0.476 e. The first-order valence-electron chi connectivity index (χ1n) is 3.70. The van der Waals surface area contributed by atoms with E-state index in [9.17, 15) is 18.0 Å². The van der Waals surface area contributed by atoms with Gasteiger partial charge in [-0.1, -0.05) is 15.9 Å². The summed E-state index contributed by atoms with van der Waals surface area (Å²) in [6.07, 6.45) is -4.74. The van der Waals surface area contributed by atoms with Crippen LogP contribution in [-0.2, 0) is 4.79 Å². The zero-order chi connectivity index (χ0) is 11.9. The predicted molar refractivity (Wildman–Crippen MR) is 49.7 cm³/mol. The molecule has 0 spiro atoms. The molecule has 0 amide bonds. The minimum Gasteiger partial charge on any atom is -0.476 e. The Morgan fingerprint density at radius 1 is 1.67 bits per heavy atom. The Balaban J connectivity index is 3.05. The van der Waals surface area contributed by atoms with E-state index >= 15 is 0 Å². The number of rotatable bonds is 1. The molecule has 0 aromatic rings. The van der Waals surface area contributed by atoms with Crippen molar-refractivity contribution in [1.29, 1.82) is 0 Å². The molecule has 0 saturated carbocycles. The second kappa shape index (κ2) is 3.51. The summed E-state index contributed by atoms with van der Waals surface area (Å²) >= 11 is 2.45. The van der Waals surface area contributed by atoms with E-state index in [1.165, 1.54) is 0 Å². The van der Waals surface area contributed by atoms with Crippen LogP contribution in [0.4, 0.5) is 13.2 Å². The third-order valence-corrected chi connectivity index (χ3v) is 2.76. The molecule has 0 radical (unpaired) electrons. The maximum absolute atomic E-state index is 12.5. The summed E-state index contributed by atoms with van der Waals surface area (Å²) in [4.78, 5) is 13.7. The van der Waals surface area contributed by atoms with E-state index in [-0.39, 0.29) is 0 Å². The summed E-state index contributed by atoms with van der Waals surface area (Å²) in [6.45, 7) is 0. The van der Waals surface area contributed by atoms with Crippen LogP contribution in [0.3, 0.4) is 0 Å². The molecule has 1 unspecified atom stereocenters. The first kappa shape index (κ1) is 12.0. The number of aliphatic carboxylic acids is 1. The van der Waals surface area contributed by atoms with Gasteiger partial charge in [-0.15, -0.1) is 0 Å². The Morgan fingerprint density at radius 3 is 2.53 bits per heavy atom. The summed E-state index contributed by atoms with van der Waals surface area (Å²) < 4.78 is 35.0. The average Bonchev–Trinajstić information content (AvgIpc) is 2.00. The number of halogens is 4. The van der Waals surface area contributed by atoms with Crippen LogP contribution in [0, 0.1) is 0 Å². The van der Waals surface area contributed by atoms with Crippen molar-refractivity contribution in [2.75, 3.05) is 0 Å². The van der Waals surface area contributed by atoms with Gasteiger partial charge in [0.1, 0.15) is 0 Å². The van der Waals surface area contributed by atoms with Gasteiger partial charge >= 0.3 is 12.1 Å². The Labute approximate surface area is 90.8 Å². The molecular weight excluding hydrogens is 281 g/mol. The molecule has 3 N–H and O–H groups in total. The zero-order valence-corrected chi connectivity index (χ0v) is 8.76. The lowest BCUT2D eigenvalue weighted by atomic mass is 10.0. The van der Waals surface area contributed by atoms with Crippen molar-refractivity contribution in [2.24, 2.45) is 10.7 Å². The molecule has 4 nitrogen and oxygen atoms in total. The van der Waals surface area contributed by atoms with Gasteiger partial charge in [-0.05, 0) is 0 Å². The fourth-order valence-corrected chi connectivity index (χ4v) is 1.43. The normalized spacial score (nSPS) is 26.9. The summed E-state index contributed by atoms with van der Waals surface area (Å²) in [5, 5.41) is 8.53.